The lowest BCUT2D eigenvalue weighted by Gasteiger charge is -2.27. The highest BCUT2D eigenvalue weighted by molar-refractivity contribution is 5.89. The normalized spacial score (nSPS) is 14.4. The van der Waals surface area contributed by atoms with Gasteiger partial charge in [0.1, 0.15) is 0 Å². The Morgan fingerprint density at radius 2 is 0.796 bits per heavy atom. The van der Waals surface area contributed by atoms with Gasteiger partial charge in [0, 0.05) is 27.9 Å². The molecule has 0 bridgehead atoms. The van der Waals surface area contributed by atoms with E-state index in [4.69, 9.17) is 0 Å². The van der Waals surface area contributed by atoms with Crippen LogP contribution in [0.1, 0.15) is 49.9 Å². The fourth-order valence-electron chi connectivity index (χ4n) is 8.59. The lowest BCUT2D eigenvalue weighted by molar-refractivity contribution is 0.660. The van der Waals surface area contributed by atoms with Gasteiger partial charge in [0.05, 0.1) is 0 Å². The molecule has 0 spiro atoms. The lowest BCUT2D eigenvalue weighted by Crippen LogP contribution is -2.16. The maximum atomic E-state index is 2.40. The van der Waals surface area contributed by atoms with Crippen LogP contribution in [0, 0.1) is 0 Å². The van der Waals surface area contributed by atoms with Gasteiger partial charge in [-0.1, -0.05) is 149 Å². The Morgan fingerprint density at radius 1 is 0.327 bits per heavy atom. The van der Waals surface area contributed by atoms with Gasteiger partial charge >= 0.3 is 0 Å². The van der Waals surface area contributed by atoms with E-state index in [0.717, 1.165) is 17.1 Å². The van der Waals surface area contributed by atoms with Crippen molar-refractivity contribution in [3.63, 3.8) is 0 Å². The summed E-state index contributed by atoms with van der Waals surface area (Å²) >= 11 is 0. The van der Waals surface area contributed by atoms with Crippen LogP contribution in [-0.2, 0) is 10.8 Å². The average Bonchev–Trinajstić information content (AvgIpc) is 3.52. The van der Waals surface area contributed by atoms with Gasteiger partial charge in [-0.25, -0.2) is 0 Å². The molecular weight excluding hydrogens is 591 g/mol. The average molecular weight is 630 g/mol. The maximum Gasteiger partial charge on any atom is 0.0462 e. The van der Waals surface area contributed by atoms with Gasteiger partial charge < -0.3 is 4.90 Å². The Bertz CT molecular complexity index is 2360. The van der Waals surface area contributed by atoms with Crippen molar-refractivity contribution >= 4 is 17.1 Å². The molecule has 0 saturated carbocycles. The molecule has 49 heavy (non-hydrogen) atoms. The first-order valence-electron chi connectivity index (χ1n) is 17.4. The zero-order valence-electron chi connectivity index (χ0n) is 28.5. The van der Waals surface area contributed by atoms with Crippen LogP contribution < -0.4 is 4.90 Å². The third-order valence-electron chi connectivity index (χ3n) is 11.1. The summed E-state index contributed by atoms with van der Waals surface area (Å²) in [5, 5.41) is 0. The Labute approximate surface area is 290 Å². The molecule has 9 rings (SSSR count). The molecule has 2 aliphatic rings. The highest BCUT2D eigenvalue weighted by atomic mass is 15.1. The molecule has 0 N–H and O–H groups in total. The van der Waals surface area contributed by atoms with Crippen molar-refractivity contribution in [2.75, 3.05) is 4.90 Å². The Hall–Kier alpha value is -5.66. The van der Waals surface area contributed by atoms with Gasteiger partial charge in [-0.15, -0.1) is 0 Å². The summed E-state index contributed by atoms with van der Waals surface area (Å²) in [5.74, 6) is 0. The molecule has 1 nitrogen and oxygen atoms in total. The molecule has 236 valence electrons. The Kier molecular flexibility index (Phi) is 6.58. The monoisotopic (exact) mass is 629 g/mol. The fourth-order valence-corrected chi connectivity index (χ4v) is 8.59. The topological polar surface area (TPSA) is 3.24 Å². The van der Waals surface area contributed by atoms with E-state index >= 15 is 0 Å². The van der Waals surface area contributed by atoms with Crippen molar-refractivity contribution in [3.05, 3.63) is 186 Å². The van der Waals surface area contributed by atoms with Crippen molar-refractivity contribution < 1.29 is 0 Å². The number of nitrogens with zero attached hydrogens (tertiary/aromatic N) is 1. The molecular formula is C48H39N. The molecule has 7 aromatic rings. The van der Waals surface area contributed by atoms with Gasteiger partial charge in [-0.3, -0.25) is 0 Å². The molecule has 0 unspecified atom stereocenters. The van der Waals surface area contributed by atoms with E-state index in [0.29, 0.717) is 0 Å². The predicted octanol–water partition coefficient (Wildman–Crippen LogP) is 13.1. The van der Waals surface area contributed by atoms with E-state index in [1.165, 1.54) is 66.8 Å². The summed E-state index contributed by atoms with van der Waals surface area (Å²) < 4.78 is 0. The van der Waals surface area contributed by atoms with Gasteiger partial charge in [0.15, 0.2) is 0 Å². The second-order valence-corrected chi connectivity index (χ2v) is 14.6. The highest BCUT2D eigenvalue weighted by Gasteiger charge is 2.37. The minimum Gasteiger partial charge on any atom is -0.311 e. The number of benzene rings is 7. The van der Waals surface area contributed by atoms with E-state index in [1.807, 2.05) is 0 Å². The molecule has 0 heterocycles. The predicted molar refractivity (Wildman–Crippen MR) is 207 cm³/mol. The smallest absolute Gasteiger partial charge is 0.0462 e. The maximum absolute atomic E-state index is 2.40. The van der Waals surface area contributed by atoms with Crippen LogP contribution in [0.2, 0.25) is 0 Å². The summed E-state index contributed by atoms with van der Waals surface area (Å²) in [4.78, 5) is 2.35. The summed E-state index contributed by atoms with van der Waals surface area (Å²) in [6.07, 6.45) is 0. The molecule has 2 aliphatic carbocycles. The van der Waals surface area contributed by atoms with E-state index in [-0.39, 0.29) is 10.8 Å². The van der Waals surface area contributed by atoms with Gasteiger partial charge in [0.25, 0.3) is 0 Å². The largest absolute Gasteiger partial charge is 0.311 e. The van der Waals surface area contributed by atoms with Crippen LogP contribution in [0.15, 0.2) is 164 Å². The van der Waals surface area contributed by atoms with Crippen molar-refractivity contribution in [1.82, 2.24) is 0 Å². The second-order valence-electron chi connectivity index (χ2n) is 14.6. The molecule has 0 saturated heterocycles. The van der Waals surface area contributed by atoms with E-state index < -0.39 is 0 Å². The van der Waals surface area contributed by atoms with E-state index in [9.17, 15) is 0 Å². The zero-order chi connectivity index (χ0) is 33.3. The first-order valence-corrected chi connectivity index (χ1v) is 17.4. The van der Waals surface area contributed by atoms with E-state index in [2.05, 4.69) is 196 Å². The molecule has 0 fully saturated rings. The number of hydrogen-bond donors (Lipinski definition) is 0. The molecule has 1 heteroatoms. The minimum atomic E-state index is -0.0580. The number of rotatable bonds is 5. The van der Waals surface area contributed by atoms with Crippen molar-refractivity contribution in [3.8, 4) is 44.5 Å². The van der Waals surface area contributed by atoms with Crippen LogP contribution in [0.5, 0.6) is 0 Å². The van der Waals surface area contributed by atoms with Crippen molar-refractivity contribution in [1.29, 1.82) is 0 Å². The third kappa shape index (κ3) is 4.53. The standard InChI is InChI=1S/C48H39N/c1-47(2)43-19-10-8-15-39(43)41-30-25-34(31-45(41)47)32-21-26-36(27-22-32)49(35-13-6-5-7-14-35)37-28-23-33(24-29-37)38-17-12-18-42-40-16-9-11-20-44(40)48(3,4)46(38)42/h5-31H,1-4H3. The van der Waals surface area contributed by atoms with Crippen molar-refractivity contribution in [2.24, 2.45) is 0 Å². The second kappa shape index (κ2) is 10.9. The molecule has 7 aromatic carbocycles. The van der Waals surface area contributed by atoms with Crippen LogP contribution in [0.4, 0.5) is 17.1 Å². The first-order chi connectivity index (χ1) is 23.8. The minimum absolute atomic E-state index is 0.0162. The molecule has 0 atom stereocenters. The highest BCUT2D eigenvalue weighted by Crippen LogP contribution is 2.52. The van der Waals surface area contributed by atoms with Gasteiger partial charge in [-0.05, 0) is 109 Å². The quantitative estimate of drug-likeness (QED) is 0.183. The summed E-state index contributed by atoms with van der Waals surface area (Å²) in [7, 11) is 0. The Morgan fingerprint density at radius 3 is 1.47 bits per heavy atom. The van der Waals surface area contributed by atoms with Crippen LogP contribution in [-0.4, -0.2) is 0 Å². The van der Waals surface area contributed by atoms with Crippen molar-refractivity contribution in [2.45, 2.75) is 38.5 Å². The van der Waals surface area contributed by atoms with Crippen LogP contribution >= 0.6 is 0 Å². The fraction of sp³-hybridized carbons (Fsp3) is 0.125. The Balaban J connectivity index is 1.07. The first kappa shape index (κ1) is 29.5. The molecule has 0 amide bonds. The number of hydrogen-bond acceptors (Lipinski definition) is 1. The summed E-state index contributed by atoms with van der Waals surface area (Å²) in [6, 6.07) is 60.3. The number of fused-ring (bicyclic) bond motifs is 6. The summed E-state index contributed by atoms with van der Waals surface area (Å²) in [5.41, 5.74) is 19.4. The molecule has 0 aliphatic heterocycles. The number of anilines is 3. The SMILES string of the molecule is CC1(C)c2ccccc2-c2ccc(-c3ccc(N(c4ccccc4)c4ccc(-c5cccc6c5C(C)(C)c5ccccc5-6)cc4)cc3)cc21. The summed E-state index contributed by atoms with van der Waals surface area (Å²) in [6.45, 7) is 9.41. The van der Waals surface area contributed by atoms with Gasteiger partial charge in [-0.2, -0.15) is 0 Å². The van der Waals surface area contributed by atoms with E-state index in [1.54, 1.807) is 0 Å². The number of para-hydroxylation sites is 1. The molecule has 0 aromatic heterocycles. The van der Waals surface area contributed by atoms with Crippen LogP contribution in [0.3, 0.4) is 0 Å². The zero-order valence-corrected chi connectivity index (χ0v) is 28.5. The lowest BCUT2D eigenvalue weighted by atomic mass is 9.79. The third-order valence-corrected chi connectivity index (χ3v) is 11.1. The molecule has 0 radical (unpaired) electrons. The van der Waals surface area contributed by atoms with Gasteiger partial charge in [0.2, 0.25) is 0 Å². The van der Waals surface area contributed by atoms with Crippen LogP contribution in [0.25, 0.3) is 44.5 Å².